The Balaban J connectivity index is 2.18. The number of benzene rings is 2. The van der Waals surface area contributed by atoms with Crippen molar-refractivity contribution >= 4 is 44.6 Å². The van der Waals surface area contributed by atoms with E-state index in [-0.39, 0.29) is 11.5 Å². The van der Waals surface area contributed by atoms with Crippen molar-refractivity contribution in [1.82, 2.24) is 9.66 Å². The van der Waals surface area contributed by atoms with Crippen LogP contribution in [0, 0.1) is 0 Å². The molecule has 2 aromatic carbocycles. The lowest BCUT2D eigenvalue weighted by atomic mass is 10.1. The van der Waals surface area contributed by atoms with Crippen molar-refractivity contribution in [2.24, 2.45) is 5.10 Å². The minimum atomic E-state index is -0.174. The molecule has 0 aliphatic carbocycles. The molecule has 0 saturated carbocycles. The molecule has 0 unspecified atom stereocenters. The highest BCUT2D eigenvalue weighted by Gasteiger charge is 2.15. The summed E-state index contributed by atoms with van der Waals surface area (Å²) in [7, 11) is 0. The van der Waals surface area contributed by atoms with E-state index in [1.807, 2.05) is 31.2 Å². The van der Waals surface area contributed by atoms with Gasteiger partial charge in [0.25, 0.3) is 5.56 Å². The lowest BCUT2D eigenvalue weighted by Gasteiger charge is -2.13. The number of fused-ring (bicyclic) bond motifs is 1. The molecule has 25 heavy (non-hydrogen) atoms. The molecule has 0 radical (unpaired) electrons. The lowest BCUT2D eigenvalue weighted by Crippen LogP contribution is -2.23. The molecule has 6 heteroatoms. The van der Waals surface area contributed by atoms with Crippen molar-refractivity contribution in [2.45, 2.75) is 26.2 Å². The summed E-state index contributed by atoms with van der Waals surface area (Å²) in [5.74, 6) is 0.774. The van der Waals surface area contributed by atoms with Crippen molar-refractivity contribution < 1.29 is 0 Å². The molecule has 1 heterocycles. The molecule has 0 aliphatic rings. The quantitative estimate of drug-likeness (QED) is 0.546. The van der Waals surface area contributed by atoms with E-state index >= 15 is 0 Å². The Bertz CT molecular complexity index is 996. The molecule has 1 atom stereocenters. The van der Waals surface area contributed by atoms with Gasteiger partial charge in [-0.3, -0.25) is 4.79 Å². The van der Waals surface area contributed by atoms with Gasteiger partial charge in [-0.2, -0.15) is 9.78 Å². The fraction of sp³-hybridized carbons (Fsp3) is 0.211. The first-order chi connectivity index (χ1) is 12.0. The van der Waals surface area contributed by atoms with Gasteiger partial charge in [0.2, 0.25) is 0 Å². The molecule has 0 spiro atoms. The smallest absolute Gasteiger partial charge is 0.267 e. The summed E-state index contributed by atoms with van der Waals surface area (Å²) in [6.07, 6.45) is 2.51. The topological polar surface area (TPSA) is 47.2 Å². The van der Waals surface area contributed by atoms with Gasteiger partial charge in [-0.1, -0.05) is 53.5 Å². The zero-order valence-electron chi connectivity index (χ0n) is 13.9. The molecule has 1 aromatic heterocycles. The van der Waals surface area contributed by atoms with E-state index in [4.69, 9.17) is 11.6 Å². The Morgan fingerprint density at radius 2 is 2.00 bits per heavy atom. The van der Waals surface area contributed by atoms with E-state index in [1.165, 1.54) is 4.68 Å². The molecule has 0 aliphatic heterocycles. The number of hydrogen-bond donors (Lipinski definition) is 0. The maximum absolute atomic E-state index is 13.0. The summed E-state index contributed by atoms with van der Waals surface area (Å²) >= 11 is 9.31. The summed E-state index contributed by atoms with van der Waals surface area (Å²) in [5.41, 5.74) is 1.37. The van der Waals surface area contributed by atoms with E-state index < -0.39 is 0 Å². The summed E-state index contributed by atoms with van der Waals surface area (Å²) in [5, 5.41) is 5.61. The Hall–Kier alpha value is -1.98. The van der Waals surface area contributed by atoms with E-state index in [0.29, 0.717) is 21.7 Å². The summed E-state index contributed by atoms with van der Waals surface area (Å²) < 4.78 is 2.24. The molecular weight excluding hydrogens is 402 g/mol. The average molecular weight is 419 g/mol. The number of rotatable bonds is 4. The van der Waals surface area contributed by atoms with Crippen LogP contribution in [0.25, 0.3) is 10.9 Å². The number of nitrogens with zero attached hydrogens (tertiary/aromatic N) is 3. The second-order valence-electron chi connectivity index (χ2n) is 5.85. The van der Waals surface area contributed by atoms with Crippen molar-refractivity contribution in [2.75, 3.05) is 0 Å². The molecule has 4 nitrogen and oxygen atoms in total. The highest BCUT2D eigenvalue weighted by Crippen LogP contribution is 2.20. The maximum atomic E-state index is 13.0. The third-order valence-corrected chi connectivity index (χ3v) is 4.82. The van der Waals surface area contributed by atoms with E-state index in [1.54, 1.807) is 24.4 Å². The summed E-state index contributed by atoms with van der Waals surface area (Å²) in [6.45, 7) is 4.11. The van der Waals surface area contributed by atoms with Crippen molar-refractivity contribution in [1.29, 1.82) is 0 Å². The van der Waals surface area contributed by atoms with E-state index in [0.717, 1.165) is 16.5 Å². The van der Waals surface area contributed by atoms with Gasteiger partial charge in [0.1, 0.15) is 5.82 Å². The van der Waals surface area contributed by atoms with Crippen LogP contribution in [0.2, 0.25) is 5.02 Å². The molecule has 0 fully saturated rings. The van der Waals surface area contributed by atoms with Crippen LogP contribution < -0.4 is 5.56 Å². The van der Waals surface area contributed by atoms with Crippen LogP contribution in [-0.2, 0) is 0 Å². The van der Waals surface area contributed by atoms with Crippen molar-refractivity contribution in [3.63, 3.8) is 0 Å². The Labute approximate surface area is 159 Å². The fourth-order valence-corrected chi connectivity index (χ4v) is 2.94. The highest BCUT2D eigenvalue weighted by atomic mass is 79.9. The maximum Gasteiger partial charge on any atom is 0.282 e. The van der Waals surface area contributed by atoms with Crippen LogP contribution in [0.5, 0.6) is 0 Å². The second kappa shape index (κ2) is 7.50. The molecule has 0 N–H and O–H groups in total. The number of aromatic nitrogens is 2. The van der Waals surface area contributed by atoms with Gasteiger partial charge in [0, 0.05) is 15.4 Å². The largest absolute Gasteiger partial charge is 0.282 e. The predicted molar refractivity (Wildman–Crippen MR) is 107 cm³/mol. The lowest BCUT2D eigenvalue weighted by molar-refractivity contribution is 0.613. The van der Waals surface area contributed by atoms with E-state index in [2.05, 4.69) is 32.9 Å². The first-order valence-electron chi connectivity index (χ1n) is 8.01. The molecular formula is C19H17BrClN3O. The summed E-state index contributed by atoms with van der Waals surface area (Å²) in [4.78, 5) is 17.6. The second-order valence-corrected chi connectivity index (χ2v) is 7.21. The molecule has 0 bridgehead atoms. The van der Waals surface area contributed by atoms with Gasteiger partial charge in [0.05, 0.1) is 17.1 Å². The van der Waals surface area contributed by atoms with Crippen LogP contribution in [-0.4, -0.2) is 15.9 Å². The first-order valence-corrected chi connectivity index (χ1v) is 9.19. The Morgan fingerprint density at radius 3 is 2.68 bits per heavy atom. The normalized spacial score (nSPS) is 12.8. The van der Waals surface area contributed by atoms with Crippen LogP contribution in [0.4, 0.5) is 0 Å². The van der Waals surface area contributed by atoms with Crippen molar-refractivity contribution in [3.8, 4) is 0 Å². The minimum absolute atomic E-state index is 0.114. The van der Waals surface area contributed by atoms with Crippen LogP contribution in [0.15, 0.2) is 56.8 Å². The van der Waals surface area contributed by atoms with Gasteiger partial charge in [0.15, 0.2) is 0 Å². The van der Waals surface area contributed by atoms with Gasteiger partial charge in [-0.25, -0.2) is 4.98 Å². The molecule has 128 valence electrons. The third kappa shape index (κ3) is 3.83. The predicted octanol–water partition coefficient (Wildman–Crippen LogP) is 5.21. The highest BCUT2D eigenvalue weighted by molar-refractivity contribution is 9.10. The van der Waals surface area contributed by atoms with Crippen LogP contribution in [0.3, 0.4) is 0 Å². The SMILES string of the molecule is CC[C@H](C)c1nc2ccc(Br)cc2c(=O)n1N=Cc1ccc(Cl)cc1. The molecule has 0 saturated heterocycles. The van der Waals surface area contributed by atoms with Gasteiger partial charge in [-0.05, 0) is 42.3 Å². The average Bonchev–Trinajstić information content (AvgIpc) is 2.62. The molecule has 3 rings (SSSR count). The standard InChI is InChI=1S/C19H17BrClN3O/c1-3-12(2)18-23-17-9-6-14(20)10-16(17)19(25)24(18)22-11-13-4-7-15(21)8-5-13/h4-12H,3H2,1-2H3/t12-/m0/s1. The van der Waals surface area contributed by atoms with E-state index in [9.17, 15) is 4.79 Å². The van der Waals surface area contributed by atoms with Crippen molar-refractivity contribution in [3.05, 3.63) is 73.7 Å². The number of halogens is 2. The zero-order valence-corrected chi connectivity index (χ0v) is 16.3. The first kappa shape index (κ1) is 17.8. The van der Waals surface area contributed by atoms with Gasteiger partial charge < -0.3 is 0 Å². The molecule has 0 amide bonds. The Morgan fingerprint density at radius 1 is 1.28 bits per heavy atom. The monoisotopic (exact) mass is 417 g/mol. The fourth-order valence-electron chi connectivity index (χ4n) is 2.45. The molecule has 3 aromatic rings. The van der Waals surface area contributed by atoms with Crippen LogP contribution >= 0.6 is 27.5 Å². The third-order valence-electron chi connectivity index (χ3n) is 4.08. The zero-order chi connectivity index (χ0) is 18.0. The van der Waals surface area contributed by atoms with Gasteiger partial charge >= 0.3 is 0 Å². The van der Waals surface area contributed by atoms with Crippen LogP contribution in [0.1, 0.15) is 37.6 Å². The van der Waals surface area contributed by atoms with Gasteiger partial charge in [-0.15, -0.1) is 0 Å². The Kier molecular flexibility index (Phi) is 5.35. The minimum Gasteiger partial charge on any atom is -0.267 e. The summed E-state index contributed by atoms with van der Waals surface area (Å²) in [6, 6.07) is 12.8. The number of hydrogen-bond acceptors (Lipinski definition) is 3.